The third-order valence-corrected chi connectivity index (χ3v) is 1.40. The molecule has 0 bridgehead atoms. The van der Waals surface area contributed by atoms with Gasteiger partial charge in [-0.2, -0.15) is 0 Å². The maximum atomic E-state index is 10.8. The molecular formula is C7H11N3O. The van der Waals surface area contributed by atoms with Crippen molar-refractivity contribution >= 4 is 5.91 Å². The quantitative estimate of drug-likeness (QED) is 0.652. The fraction of sp³-hybridized carbons (Fsp3) is 0.429. The lowest BCUT2D eigenvalue weighted by atomic mass is 10.3. The summed E-state index contributed by atoms with van der Waals surface area (Å²) in [6.07, 6.45) is 3.93. The van der Waals surface area contributed by atoms with E-state index in [1.165, 1.54) is 17.8 Å². The van der Waals surface area contributed by atoms with Crippen LogP contribution in [0.3, 0.4) is 0 Å². The van der Waals surface area contributed by atoms with E-state index in [0.29, 0.717) is 6.54 Å². The molecule has 0 aliphatic heterocycles. The molecule has 0 atom stereocenters. The van der Waals surface area contributed by atoms with Gasteiger partial charge in [-0.1, -0.05) is 0 Å². The minimum atomic E-state index is -0.0271. The zero-order chi connectivity index (χ0) is 8.27. The highest BCUT2D eigenvalue weighted by atomic mass is 16.1. The summed E-state index contributed by atoms with van der Waals surface area (Å²) < 4.78 is 1.45. The highest BCUT2D eigenvalue weighted by Gasteiger charge is 1.99. The highest BCUT2D eigenvalue weighted by molar-refractivity contribution is 5.75. The zero-order valence-corrected chi connectivity index (χ0v) is 6.45. The summed E-state index contributed by atoms with van der Waals surface area (Å²) >= 11 is 0. The topological polar surface area (TPSA) is 60.9 Å². The van der Waals surface area contributed by atoms with E-state index in [4.69, 9.17) is 5.73 Å². The Morgan fingerprint density at radius 1 is 1.82 bits per heavy atom. The molecule has 11 heavy (non-hydrogen) atoms. The Morgan fingerprint density at radius 2 is 2.55 bits per heavy atom. The van der Waals surface area contributed by atoms with Crippen LogP contribution in [0.1, 0.15) is 17.4 Å². The number of nitrogens with zero attached hydrogens (tertiary/aromatic N) is 2. The van der Waals surface area contributed by atoms with Crippen molar-refractivity contribution in [3.05, 3.63) is 18.2 Å². The average molecular weight is 153 g/mol. The van der Waals surface area contributed by atoms with E-state index in [1.54, 1.807) is 6.20 Å². The van der Waals surface area contributed by atoms with Crippen LogP contribution < -0.4 is 5.73 Å². The zero-order valence-electron chi connectivity index (χ0n) is 6.45. The monoisotopic (exact) mass is 153 g/mol. The number of carbonyl (C=O) groups is 1. The molecule has 4 nitrogen and oxygen atoms in total. The molecule has 1 rings (SSSR count). The van der Waals surface area contributed by atoms with Gasteiger partial charge in [0.05, 0.1) is 5.69 Å². The Morgan fingerprint density at radius 3 is 3.00 bits per heavy atom. The number of imidazole rings is 1. The lowest BCUT2D eigenvalue weighted by Crippen LogP contribution is -2.04. The molecule has 0 saturated heterocycles. The van der Waals surface area contributed by atoms with Gasteiger partial charge >= 0.3 is 0 Å². The normalized spacial score (nSPS) is 10.0. The van der Waals surface area contributed by atoms with E-state index >= 15 is 0 Å². The van der Waals surface area contributed by atoms with Crippen LogP contribution in [0.2, 0.25) is 0 Å². The van der Waals surface area contributed by atoms with Crippen molar-refractivity contribution in [2.75, 3.05) is 6.54 Å². The van der Waals surface area contributed by atoms with Crippen molar-refractivity contribution in [1.82, 2.24) is 9.55 Å². The lowest BCUT2D eigenvalue weighted by molar-refractivity contribution is 0.0936. The van der Waals surface area contributed by atoms with E-state index in [9.17, 15) is 4.79 Å². The van der Waals surface area contributed by atoms with Crippen LogP contribution in [0, 0.1) is 0 Å². The minimum absolute atomic E-state index is 0.0271. The molecule has 1 aromatic rings. The second-order valence-corrected chi connectivity index (χ2v) is 2.33. The SMILES string of the molecule is CC(=O)n1cnc(CCN)c1. The van der Waals surface area contributed by atoms with Crippen LogP contribution in [0.25, 0.3) is 0 Å². The van der Waals surface area contributed by atoms with Crippen molar-refractivity contribution < 1.29 is 4.79 Å². The van der Waals surface area contributed by atoms with Crippen LogP contribution in [0.5, 0.6) is 0 Å². The minimum Gasteiger partial charge on any atom is -0.330 e. The molecule has 0 aliphatic rings. The predicted molar refractivity (Wildman–Crippen MR) is 41.3 cm³/mol. The molecule has 0 amide bonds. The molecule has 0 saturated carbocycles. The van der Waals surface area contributed by atoms with Gasteiger partial charge in [0.15, 0.2) is 0 Å². The second kappa shape index (κ2) is 3.30. The number of hydrogen-bond donors (Lipinski definition) is 1. The third kappa shape index (κ3) is 1.88. The van der Waals surface area contributed by atoms with Crippen LogP contribution >= 0.6 is 0 Å². The van der Waals surface area contributed by atoms with Gasteiger partial charge in [-0.25, -0.2) is 4.98 Å². The Kier molecular flexibility index (Phi) is 2.38. The van der Waals surface area contributed by atoms with E-state index in [2.05, 4.69) is 4.98 Å². The molecule has 0 unspecified atom stereocenters. The van der Waals surface area contributed by atoms with E-state index in [0.717, 1.165) is 12.1 Å². The Bertz CT molecular complexity index is 254. The Hall–Kier alpha value is -1.16. The van der Waals surface area contributed by atoms with Gasteiger partial charge in [-0.15, -0.1) is 0 Å². The van der Waals surface area contributed by atoms with Crippen molar-refractivity contribution in [2.45, 2.75) is 13.3 Å². The van der Waals surface area contributed by atoms with Gasteiger partial charge in [-0.3, -0.25) is 9.36 Å². The first-order valence-electron chi connectivity index (χ1n) is 3.48. The maximum Gasteiger partial charge on any atom is 0.228 e. The maximum absolute atomic E-state index is 10.8. The highest BCUT2D eigenvalue weighted by Crippen LogP contribution is 1.95. The number of carbonyl (C=O) groups excluding carboxylic acids is 1. The molecule has 0 fully saturated rings. The summed E-state index contributed by atoms with van der Waals surface area (Å²) in [5, 5.41) is 0. The Balaban J connectivity index is 2.73. The van der Waals surface area contributed by atoms with Crippen LogP contribution in [-0.2, 0) is 6.42 Å². The van der Waals surface area contributed by atoms with Crippen LogP contribution in [0.4, 0.5) is 0 Å². The fourth-order valence-electron chi connectivity index (χ4n) is 0.813. The van der Waals surface area contributed by atoms with Gasteiger partial charge < -0.3 is 5.73 Å². The number of aromatic nitrogens is 2. The summed E-state index contributed by atoms with van der Waals surface area (Å²) in [6, 6.07) is 0. The second-order valence-electron chi connectivity index (χ2n) is 2.33. The molecule has 0 spiro atoms. The standard InChI is InChI=1S/C7H11N3O/c1-6(11)10-4-7(2-3-8)9-5-10/h4-5H,2-3,8H2,1H3. The Labute approximate surface area is 65.0 Å². The predicted octanol–water partition coefficient (Wildman–Crippen LogP) is 0.0444. The smallest absolute Gasteiger partial charge is 0.228 e. The largest absolute Gasteiger partial charge is 0.330 e. The van der Waals surface area contributed by atoms with Crippen molar-refractivity contribution in [1.29, 1.82) is 0 Å². The molecule has 1 heterocycles. The number of hydrogen-bond acceptors (Lipinski definition) is 3. The summed E-state index contributed by atoms with van der Waals surface area (Å²) in [5.74, 6) is -0.0271. The van der Waals surface area contributed by atoms with E-state index in [-0.39, 0.29) is 5.91 Å². The van der Waals surface area contributed by atoms with Crippen molar-refractivity contribution in [3.63, 3.8) is 0 Å². The van der Waals surface area contributed by atoms with E-state index in [1.807, 2.05) is 0 Å². The summed E-state index contributed by atoms with van der Waals surface area (Å²) in [6.45, 7) is 2.06. The third-order valence-electron chi connectivity index (χ3n) is 1.40. The average Bonchev–Trinajstić information content (AvgIpc) is 2.37. The van der Waals surface area contributed by atoms with Crippen LogP contribution in [-0.4, -0.2) is 22.0 Å². The molecular weight excluding hydrogens is 142 g/mol. The first kappa shape index (κ1) is 7.94. The summed E-state index contributed by atoms with van der Waals surface area (Å²) in [4.78, 5) is 14.7. The van der Waals surface area contributed by atoms with Crippen molar-refractivity contribution in [2.24, 2.45) is 5.73 Å². The fourth-order valence-corrected chi connectivity index (χ4v) is 0.813. The van der Waals surface area contributed by atoms with Gasteiger partial charge in [0.2, 0.25) is 5.91 Å². The van der Waals surface area contributed by atoms with Crippen LogP contribution in [0.15, 0.2) is 12.5 Å². The molecule has 1 aromatic heterocycles. The number of rotatable bonds is 2. The summed E-state index contributed by atoms with van der Waals surface area (Å²) in [5.41, 5.74) is 6.18. The van der Waals surface area contributed by atoms with Gasteiger partial charge in [0.25, 0.3) is 0 Å². The number of nitrogens with two attached hydrogens (primary N) is 1. The summed E-state index contributed by atoms with van der Waals surface area (Å²) in [7, 11) is 0. The first-order chi connectivity index (χ1) is 5.24. The first-order valence-corrected chi connectivity index (χ1v) is 3.48. The molecule has 0 aromatic carbocycles. The van der Waals surface area contributed by atoms with Gasteiger partial charge in [0, 0.05) is 19.5 Å². The van der Waals surface area contributed by atoms with Crippen molar-refractivity contribution in [3.8, 4) is 0 Å². The molecule has 0 radical (unpaired) electrons. The molecule has 4 heteroatoms. The molecule has 0 aliphatic carbocycles. The lowest BCUT2D eigenvalue weighted by Gasteiger charge is -1.90. The van der Waals surface area contributed by atoms with E-state index < -0.39 is 0 Å². The molecule has 2 N–H and O–H groups in total. The van der Waals surface area contributed by atoms with Gasteiger partial charge in [0.1, 0.15) is 6.33 Å². The molecule has 60 valence electrons. The van der Waals surface area contributed by atoms with Gasteiger partial charge in [-0.05, 0) is 6.54 Å².